The van der Waals surface area contributed by atoms with E-state index >= 15 is 0 Å². The van der Waals surface area contributed by atoms with E-state index in [1.165, 1.54) is 30.3 Å². The van der Waals surface area contributed by atoms with E-state index in [0.29, 0.717) is 4.88 Å². The first-order valence-electron chi connectivity index (χ1n) is 8.06. The van der Waals surface area contributed by atoms with Crippen molar-refractivity contribution < 1.29 is 13.2 Å². The maximum Gasteiger partial charge on any atom is 0.266 e. The van der Waals surface area contributed by atoms with Gasteiger partial charge in [-0.25, -0.2) is 17.7 Å². The number of hydrogen-bond acceptors (Lipinski definition) is 7. The Bertz CT molecular complexity index is 1200. The third kappa shape index (κ3) is 3.84. The number of nitrogens with one attached hydrogen (secondary N) is 2. The first kappa shape index (κ1) is 20.8. The van der Waals surface area contributed by atoms with Crippen LogP contribution in [0.15, 0.2) is 59.5 Å². The normalized spacial score (nSPS) is 20.6. The first-order chi connectivity index (χ1) is 13.6. The quantitative estimate of drug-likeness (QED) is 0.593. The van der Waals surface area contributed by atoms with Crippen molar-refractivity contribution in [2.24, 2.45) is 10.7 Å². The summed E-state index contributed by atoms with van der Waals surface area (Å²) < 4.78 is 26.0. The molecule has 0 saturated carbocycles. The minimum Gasteiger partial charge on any atom is -0.369 e. The fourth-order valence-electron chi connectivity index (χ4n) is 2.78. The fourth-order valence-corrected chi connectivity index (χ4v) is 5.97. The van der Waals surface area contributed by atoms with Gasteiger partial charge in [0.05, 0.1) is 14.8 Å². The molecule has 0 unspecified atom stereocenters. The molecule has 0 saturated heterocycles. The topological polar surface area (TPSA) is 138 Å². The first-order valence-corrected chi connectivity index (χ1v) is 10.9. The summed E-state index contributed by atoms with van der Waals surface area (Å²) >= 11 is 7.27. The second kappa shape index (κ2) is 7.50. The van der Waals surface area contributed by atoms with Crippen molar-refractivity contribution in [3.63, 3.8) is 0 Å². The molecule has 1 amide bonds. The fraction of sp³-hybridized carbons (Fsp3) is 0.118. The molecule has 29 heavy (non-hydrogen) atoms. The molecule has 1 aliphatic heterocycles. The minimum atomic E-state index is -3.88. The van der Waals surface area contributed by atoms with Crippen LogP contribution in [0.4, 0.5) is 5.82 Å². The van der Waals surface area contributed by atoms with E-state index in [1.807, 2.05) is 0 Å². The van der Waals surface area contributed by atoms with E-state index in [0.717, 1.165) is 21.8 Å². The molecule has 4 N–H and O–H groups in total. The number of aromatic amines is 1. The molecule has 1 atom stereocenters. The third-order valence-corrected chi connectivity index (χ3v) is 7.52. The summed E-state index contributed by atoms with van der Waals surface area (Å²) in [6, 6.07) is 5.70. The number of nitrogens with two attached hydrogens (primary N) is 1. The number of pyridine rings is 1. The predicted molar refractivity (Wildman–Crippen MR) is 114 cm³/mol. The molecule has 0 radical (unpaired) electrons. The van der Waals surface area contributed by atoms with Gasteiger partial charge < -0.3 is 16.0 Å². The molecule has 0 spiro atoms. The van der Waals surface area contributed by atoms with Crippen LogP contribution in [0.5, 0.6) is 0 Å². The van der Waals surface area contributed by atoms with E-state index in [2.05, 4.69) is 28.5 Å². The highest BCUT2D eigenvalue weighted by molar-refractivity contribution is 7.89. The second-order valence-corrected chi connectivity index (χ2v) is 9.31. The number of sulfonamides is 1. The summed E-state index contributed by atoms with van der Waals surface area (Å²) in [7, 11) is -3.88. The monoisotopic (exact) mass is 453 g/mol. The van der Waals surface area contributed by atoms with Crippen LogP contribution in [-0.2, 0) is 15.6 Å². The number of aromatic nitrogens is 1. The highest BCUT2D eigenvalue weighted by atomic mass is 35.5. The van der Waals surface area contributed by atoms with Gasteiger partial charge in [-0.3, -0.25) is 9.59 Å². The molecule has 0 bridgehead atoms. The number of nitrogens with zero attached hydrogens (tertiary/aromatic N) is 2. The number of amides is 1. The Morgan fingerprint density at radius 1 is 1.45 bits per heavy atom. The number of halogens is 1. The van der Waals surface area contributed by atoms with E-state index in [9.17, 15) is 18.0 Å². The van der Waals surface area contributed by atoms with Crippen molar-refractivity contribution in [3.8, 4) is 0 Å². The SMILES string of the molecule is C=CN1C(N)=N[C@](C=C)(c2sc(C(=O)Nc3cccc(=O)[nH]3)cc2Cl)CS1(=O)=O. The van der Waals surface area contributed by atoms with Crippen LogP contribution in [-0.4, -0.2) is 35.3 Å². The summed E-state index contributed by atoms with van der Waals surface area (Å²) in [5.41, 5.74) is 3.99. The zero-order valence-corrected chi connectivity index (χ0v) is 17.3. The van der Waals surface area contributed by atoms with Crippen LogP contribution in [0, 0.1) is 0 Å². The van der Waals surface area contributed by atoms with Crippen molar-refractivity contribution in [1.82, 2.24) is 9.29 Å². The van der Waals surface area contributed by atoms with E-state index in [1.54, 1.807) is 0 Å². The van der Waals surface area contributed by atoms with E-state index < -0.39 is 27.2 Å². The molecule has 0 aromatic carbocycles. The van der Waals surface area contributed by atoms with Crippen molar-refractivity contribution in [2.45, 2.75) is 5.54 Å². The molecule has 3 rings (SSSR count). The van der Waals surface area contributed by atoms with Gasteiger partial charge in [-0.1, -0.05) is 30.3 Å². The van der Waals surface area contributed by atoms with Crippen LogP contribution >= 0.6 is 22.9 Å². The van der Waals surface area contributed by atoms with Gasteiger partial charge in [0.25, 0.3) is 5.91 Å². The standard InChI is InChI=1S/C17H16ClN5O4S2/c1-3-17(9-29(26,27)23(4-2)16(19)22-17)14-10(18)8-11(28-14)15(25)21-12-6-5-7-13(24)20-12/h3-8H,1-2,9H2,(H2,19,22)(H2,20,21,24,25)/t17-/m0/s1. The largest absolute Gasteiger partial charge is 0.369 e. The van der Waals surface area contributed by atoms with E-state index in [4.69, 9.17) is 17.3 Å². The minimum absolute atomic E-state index is 0.139. The highest BCUT2D eigenvalue weighted by Crippen LogP contribution is 2.42. The van der Waals surface area contributed by atoms with Crippen LogP contribution in [0.2, 0.25) is 5.02 Å². The number of guanidine groups is 1. The van der Waals surface area contributed by atoms with Crippen LogP contribution in [0.25, 0.3) is 0 Å². The van der Waals surface area contributed by atoms with Crippen molar-refractivity contribution >= 4 is 50.6 Å². The average molecular weight is 454 g/mol. The number of aliphatic imine (C=N–C) groups is 1. The molecule has 152 valence electrons. The summed E-state index contributed by atoms with van der Waals surface area (Å²) in [5, 5.41) is 2.68. The molecule has 1 aliphatic rings. The van der Waals surface area contributed by atoms with Gasteiger partial charge in [-0.05, 0) is 12.1 Å². The lowest BCUT2D eigenvalue weighted by Crippen LogP contribution is -2.49. The Hall–Kier alpha value is -2.89. The molecular weight excluding hydrogens is 438 g/mol. The van der Waals surface area contributed by atoms with Crippen LogP contribution < -0.4 is 16.6 Å². The Morgan fingerprint density at radius 2 is 2.17 bits per heavy atom. The number of thiophene rings is 1. The second-order valence-electron chi connectivity index (χ2n) is 6.00. The third-order valence-electron chi connectivity index (χ3n) is 4.07. The van der Waals surface area contributed by atoms with Crippen LogP contribution in [0.1, 0.15) is 14.5 Å². The van der Waals surface area contributed by atoms with Gasteiger partial charge in [-0.15, -0.1) is 17.9 Å². The number of rotatable bonds is 5. The van der Waals surface area contributed by atoms with Gasteiger partial charge in [-0.2, -0.15) is 0 Å². The zero-order valence-electron chi connectivity index (χ0n) is 14.9. The summed E-state index contributed by atoms with van der Waals surface area (Å²) in [5.74, 6) is -1.10. The smallest absolute Gasteiger partial charge is 0.266 e. The molecule has 0 fully saturated rings. The molecule has 9 nitrogen and oxygen atoms in total. The van der Waals surface area contributed by atoms with Crippen molar-refractivity contribution in [2.75, 3.05) is 11.1 Å². The molecule has 2 aromatic heterocycles. The Labute approximate surface area is 175 Å². The molecule has 0 aliphatic carbocycles. The number of hydrogen-bond donors (Lipinski definition) is 3. The Kier molecular flexibility index (Phi) is 5.39. The van der Waals surface area contributed by atoms with Gasteiger partial charge in [0.1, 0.15) is 17.1 Å². The molecule has 2 aromatic rings. The molecular formula is C17H16ClN5O4S2. The number of anilines is 1. The number of carbonyl (C=O) groups excluding carboxylic acids is 1. The van der Waals surface area contributed by atoms with Gasteiger partial charge in [0, 0.05) is 12.3 Å². The van der Waals surface area contributed by atoms with Crippen LogP contribution in [0.3, 0.4) is 0 Å². The lowest BCUT2D eigenvalue weighted by molar-refractivity contribution is 0.103. The number of H-pyrrole nitrogens is 1. The van der Waals surface area contributed by atoms with Crippen molar-refractivity contribution in [3.05, 3.63) is 74.8 Å². The predicted octanol–water partition coefficient (Wildman–Crippen LogP) is 1.83. The lowest BCUT2D eigenvalue weighted by Gasteiger charge is -2.34. The highest BCUT2D eigenvalue weighted by Gasteiger charge is 2.44. The molecule has 12 heteroatoms. The maximum atomic E-state index is 12.6. The summed E-state index contributed by atoms with van der Waals surface area (Å²) in [4.78, 5) is 31.2. The van der Waals surface area contributed by atoms with E-state index in [-0.39, 0.29) is 27.2 Å². The summed E-state index contributed by atoms with van der Waals surface area (Å²) in [6.07, 6.45) is 2.38. The average Bonchev–Trinajstić information content (AvgIpc) is 3.03. The zero-order chi connectivity index (χ0) is 21.4. The van der Waals surface area contributed by atoms with Gasteiger partial charge >= 0.3 is 0 Å². The van der Waals surface area contributed by atoms with Crippen molar-refractivity contribution in [1.29, 1.82) is 0 Å². The van der Waals surface area contributed by atoms with Gasteiger partial charge in [0.2, 0.25) is 21.5 Å². The van der Waals surface area contributed by atoms with Gasteiger partial charge in [0.15, 0.2) is 0 Å². The molecule has 3 heterocycles. The lowest BCUT2D eigenvalue weighted by atomic mass is 10.0. The summed E-state index contributed by atoms with van der Waals surface area (Å²) in [6.45, 7) is 7.12. The Balaban J connectivity index is 2.01. The maximum absolute atomic E-state index is 12.6. The number of carbonyl (C=O) groups is 1. The Morgan fingerprint density at radius 3 is 2.76 bits per heavy atom.